The van der Waals surface area contributed by atoms with Crippen molar-refractivity contribution in [2.24, 2.45) is 5.41 Å². The predicted octanol–water partition coefficient (Wildman–Crippen LogP) is 20.3. The summed E-state index contributed by atoms with van der Waals surface area (Å²) < 4.78 is 9.65. The summed E-state index contributed by atoms with van der Waals surface area (Å²) in [6.45, 7) is 40.0. The molecule has 7 aromatic carbocycles. The maximum atomic E-state index is 7.32. The Hall–Kier alpha value is -7.37. The highest BCUT2D eigenvalue weighted by Gasteiger charge is 2.35. The van der Waals surface area contributed by atoms with Gasteiger partial charge in [-0.15, -0.1) is 0 Å². The second-order valence-corrected chi connectivity index (χ2v) is 27.1. The molecule has 5 nitrogen and oxygen atoms in total. The lowest BCUT2D eigenvalue weighted by atomic mass is 9.73. The molecule has 0 saturated heterocycles. The zero-order chi connectivity index (χ0) is 56.6. The number of aromatic nitrogens is 2. The van der Waals surface area contributed by atoms with Crippen LogP contribution >= 0.6 is 0 Å². The lowest BCUT2D eigenvalue weighted by molar-refractivity contribution is 0.481. The lowest BCUT2D eigenvalue weighted by Gasteiger charge is -2.33. The van der Waals surface area contributed by atoms with Crippen LogP contribution in [0.1, 0.15) is 174 Å². The fourth-order valence-corrected chi connectivity index (χ4v) is 11.8. The Morgan fingerprint density at radius 2 is 1.03 bits per heavy atom. The summed E-state index contributed by atoms with van der Waals surface area (Å²) >= 11 is 0. The molecule has 9 aromatic rings. The number of allylic oxidation sites excluding steroid dienone is 1. The molecule has 0 bridgehead atoms. The van der Waals surface area contributed by atoms with E-state index in [1.165, 1.54) is 72.2 Å². The van der Waals surface area contributed by atoms with Gasteiger partial charge in [0.25, 0.3) is 0 Å². The molecule has 1 aliphatic rings. The van der Waals surface area contributed by atoms with Gasteiger partial charge in [0.1, 0.15) is 17.3 Å². The van der Waals surface area contributed by atoms with Crippen molar-refractivity contribution in [2.75, 3.05) is 16.5 Å². The first kappa shape index (κ1) is 55.0. The number of rotatable bonds is 12. The second kappa shape index (κ2) is 20.4. The van der Waals surface area contributed by atoms with E-state index in [4.69, 9.17) is 9.72 Å². The molecular weight excluding hydrogens is 961 g/mol. The molecule has 0 radical (unpaired) electrons. The molecule has 0 N–H and O–H groups in total. The zero-order valence-corrected chi connectivity index (χ0v) is 50.3. The average Bonchev–Trinajstić information content (AvgIpc) is 4.27. The van der Waals surface area contributed by atoms with E-state index in [1.54, 1.807) is 0 Å². The van der Waals surface area contributed by atoms with E-state index in [1.807, 2.05) is 6.20 Å². The number of ether oxygens (including phenoxy) is 1. The predicted molar refractivity (Wildman–Crippen MR) is 337 cm³/mol. The summed E-state index contributed by atoms with van der Waals surface area (Å²) in [4.78, 5) is 10.1. The molecule has 0 amide bonds. The van der Waals surface area contributed by atoms with E-state index < -0.39 is 0 Å². The number of nitrogens with zero attached hydrogens (tertiary/aromatic N) is 4. The highest BCUT2D eigenvalue weighted by atomic mass is 16.5. The quantitative estimate of drug-likeness (QED) is 0.122. The van der Waals surface area contributed by atoms with Gasteiger partial charge in [0.2, 0.25) is 0 Å². The molecule has 0 atom stereocenters. The fraction of sp³-hybridized carbons (Fsp3) is 0.338. The summed E-state index contributed by atoms with van der Waals surface area (Å²) in [6.07, 6.45) is 4.36. The van der Waals surface area contributed by atoms with Crippen LogP contribution in [-0.2, 0) is 21.7 Å². The van der Waals surface area contributed by atoms with Crippen molar-refractivity contribution in [1.82, 2.24) is 9.55 Å². The van der Waals surface area contributed by atoms with Gasteiger partial charge in [0.05, 0.1) is 17.7 Å². The number of hydrogen-bond donors (Lipinski definition) is 0. The van der Waals surface area contributed by atoms with E-state index in [-0.39, 0.29) is 27.1 Å². The summed E-state index contributed by atoms with van der Waals surface area (Å²) in [7, 11) is 0. The maximum absolute atomic E-state index is 7.32. The minimum atomic E-state index is -0.257. The molecule has 2 aromatic heterocycles. The molecule has 79 heavy (non-hydrogen) atoms. The van der Waals surface area contributed by atoms with Crippen molar-refractivity contribution >= 4 is 33.2 Å². The molecule has 0 saturated carbocycles. The molecule has 1 aliphatic heterocycles. The molecule has 0 unspecified atom stereocenters. The zero-order valence-electron chi connectivity index (χ0n) is 50.3. The smallest absolute Gasteiger partial charge is 0.137 e. The van der Waals surface area contributed by atoms with Crippen LogP contribution < -0.4 is 14.5 Å². The number of anilines is 2. The Kier molecular flexibility index (Phi) is 14.2. The number of hydrogen-bond acceptors (Lipinski definition) is 4. The van der Waals surface area contributed by atoms with Gasteiger partial charge < -0.3 is 14.5 Å². The molecule has 0 fully saturated rings. The number of pyridine rings is 1. The first-order valence-electron chi connectivity index (χ1n) is 28.8. The van der Waals surface area contributed by atoms with Crippen LogP contribution in [-0.4, -0.2) is 16.2 Å². The van der Waals surface area contributed by atoms with Gasteiger partial charge in [-0.25, -0.2) is 4.98 Å². The summed E-state index contributed by atoms with van der Waals surface area (Å²) in [5.41, 5.74) is 17.7. The third-order valence-corrected chi connectivity index (χ3v) is 16.9. The fourth-order valence-electron chi connectivity index (χ4n) is 11.8. The molecule has 0 aliphatic carbocycles. The Morgan fingerprint density at radius 3 is 1.58 bits per heavy atom. The molecule has 10 rings (SSSR count). The summed E-state index contributed by atoms with van der Waals surface area (Å²) in [5.74, 6) is 3.07. The summed E-state index contributed by atoms with van der Waals surface area (Å²) in [6, 6.07) is 61.0. The first-order chi connectivity index (χ1) is 37.2. The highest BCUT2D eigenvalue weighted by Crippen LogP contribution is 2.47. The minimum absolute atomic E-state index is 0.0115. The topological polar surface area (TPSA) is 33.5 Å². The molecule has 5 heteroatoms. The van der Waals surface area contributed by atoms with Gasteiger partial charge in [-0.3, -0.25) is 4.57 Å². The minimum Gasteiger partial charge on any atom is -0.457 e. The number of benzene rings is 7. The molecule has 406 valence electrons. The molecular formula is C74H84N4O. The molecule has 0 spiro atoms. The van der Waals surface area contributed by atoms with Gasteiger partial charge in [0.15, 0.2) is 0 Å². The second-order valence-electron chi connectivity index (χ2n) is 27.1. The van der Waals surface area contributed by atoms with E-state index in [0.717, 1.165) is 39.6 Å². The van der Waals surface area contributed by atoms with Gasteiger partial charge in [0, 0.05) is 68.6 Å². The van der Waals surface area contributed by atoms with Gasteiger partial charge >= 0.3 is 0 Å². The van der Waals surface area contributed by atoms with Crippen molar-refractivity contribution < 1.29 is 4.74 Å². The summed E-state index contributed by atoms with van der Waals surface area (Å²) in [5, 5.41) is 2.37. The van der Waals surface area contributed by atoms with E-state index in [0.29, 0.717) is 18.5 Å². The van der Waals surface area contributed by atoms with Gasteiger partial charge in [-0.1, -0.05) is 209 Å². The number of fused-ring (bicyclic) bond motifs is 3. The monoisotopic (exact) mass is 1040 g/mol. The average molecular weight is 1050 g/mol. The van der Waals surface area contributed by atoms with Crippen molar-refractivity contribution in [3.05, 3.63) is 226 Å². The Morgan fingerprint density at radius 1 is 0.443 bits per heavy atom. The van der Waals surface area contributed by atoms with Crippen molar-refractivity contribution in [3.63, 3.8) is 0 Å². The van der Waals surface area contributed by atoms with E-state index >= 15 is 0 Å². The van der Waals surface area contributed by atoms with Crippen LogP contribution in [0.15, 0.2) is 182 Å². The third kappa shape index (κ3) is 10.7. The van der Waals surface area contributed by atoms with E-state index in [9.17, 15) is 0 Å². The van der Waals surface area contributed by atoms with Crippen LogP contribution in [0.25, 0.3) is 38.8 Å². The Balaban J connectivity index is 1.15. The molecule has 3 heterocycles. The first-order valence-corrected chi connectivity index (χ1v) is 28.8. The van der Waals surface area contributed by atoms with Crippen molar-refractivity contribution in [3.8, 4) is 28.4 Å². The third-order valence-electron chi connectivity index (χ3n) is 16.9. The van der Waals surface area contributed by atoms with Crippen LogP contribution in [0.5, 0.6) is 11.5 Å². The Labute approximate surface area is 473 Å². The lowest BCUT2D eigenvalue weighted by Crippen LogP contribution is -2.31. The maximum Gasteiger partial charge on any atom is 0.137 e. The van der Waals surface area contributed by atoms with Crippen LogP contribution in [0.2, 0.25) is 0 Å². The Bertz CT molecular complexity index is 3640. The van der Waals surface area contributed by atoms with Crippen molar-refractivity contribution in [2.45, 2.75) is 151 Å². The van der Waals surface area contributed by atoms with Gasteiger partial charge in [-0.05, 0) is 139 Å². The standard InChI is InChI=1S/C74H84N4O/c1-48(2)61-29-24-30-62(49(3)4)69(61)50-37-58(44-60(38-50)79-59-32-33-63-64-42-53(70(5,6)7)31-34-65(64)78(66(63)45-59)68-43-54(35-36-75-68)71(8,9)10)77-47-76(46-67(77)72(11,12)13)57-40-55(73(14,15)51-25-20-18-21-26-51)39-56(41-57)74(16,17)52-27-22-19-23-28-52/h18-46,48-49H,47H2,1-17H3. The van der Waals surface area contributed by atoms with Crippen LogP contribution in [0.3, 0.4) is 0 Å². The highest BCUT2D eigenvalue weighted by molar-refractivity contribution is 6.10. The van der Waals surface area contributed by atoms with Gasteiger partial charge in [-0.2, -0.15) is 0 Å². The van der Waals surface area contributed by atoms with Crippen molar-refractivity contribution in [1.29, 1.82) is 0 Å². The van der Waals surface area contributed by atoms with Crippen LogP contribution in [0, 0.1) is 5.41 Å². The van der Waals surface area contributed by atoms with Crippen LogP contribution in [0.4, 0.5) is 11.4 Å². The SMILES string of the molecule is CC(C)c1cccc(C(C)C)c1-c1cc(Oc2ccc3c4cc(C(C)(C)C)ccc4n(-c4cc(C(C)(C)C)ccn4)c3c2)cc(N2CN(c3cc(C(C)(C)c4ccccc4)cc(C(C)(C)c4ccccc4)c3)C=C2C(C)(C)C)c1. The van der Waals surface area contributed by atoms with E-state index in [2.05, 4.69) is 302 Å². The largest absolute Gasteiger partial charge is 0.457 e. The normalized spacial score (nSPS) is 13.8.